The van der Waals surface area contributed by atoms with Gasteiger partial charge in [0.05, 0.1) is 43.5 Å². The van der Waals surface area contributed by atoms with Gasteiger partial charge in [0.15, 0.2) is 5.13 Å². The first-order valence-corrected chi connectivity index (χ1v) is 10.8. The fraction of sp³-hybridized carbons (Fsp3) is 0.632. The molecule has 2 aromatic heterocycles. The maximum absolute atomic E-state index is 12.8. The first-order chi connectivity index (χ1) is 14.2. The van der Waals surface area contributed by atoms with Crippen LogP contribution in [-0.4, -0.2) is 80.6 Å². The molecule has 1 atom stereocenters. The van der Waals surface area contributed by atoms with Crippen LogP contribution < -0.4 is 15.0 Å². The van der Waals surface area contributed by atoms with Gasteiger partial charge in [-0.05, 0) is 12.8 Å². The number of nitrogens with one attached hydrogen (secondary N) is 1. The number of fused-ring (bicyclic) bond motifs is 1. The van der Waals surface area contributed by atoms with Crippen LogP contribution in [0.15, 0.2) is 6.20 Å². The number of likely N-dealkylation sites (tertiary alicyclic amines) is 1. The number of methoxy groups -OCH3 is 1. The number of morpholine rings is 1. The maximum atomic E-state index is 12.8. The molecule has 5 rings (SSSR count). The molecule has 2 aromatic rings. The number of anilines is 2. The van der Waals surface area contributed by atoms with E-state index in [0.717, 1.165) is 62.6 Å². The summed E-state index contributed by atoms with van der Waals surface area (Å²) in [6.07, 6.45) is 3.85. The summed E-state index contributed by atoms with van der Waals surface area (Å²) in [5.74, 6) is 0.469. The zero-order chi connectivity index (χ0) is 19.8. The SMILES string of the molecule is COc1ncc(N2CCOCC2)c2sc(NC(=O)N3CC[C@]4(CCOC4)C3)nc12. The highest BCUT2D eigenvalue weighted by atomic mass is 32.1. The van der Waals surface area contributed by atoms with Crippen LogP contribution in [0.5, 0.6) is 5.88 Å². The largest absolute Gasteiger partial charge is 0.479 e. The lowest BCUT2D eigenvalue weighted by molar-refractivity contribution is 0.123. The monoisotopic (exact) mass is 419 g/mol. The fourth-order valence-corrected chi connectivity index (χ4v) is 5.35. The zero-order valence-corrected chi connectivity index (χ0v) is 17.3. The average Bonchev–Trinajstić information content (AvgIpc) is 3.48. The molecule has 2 amide bonds. The van der Waals surface area contributed by atoms with E-state index in [-0.39, 0.29) is 11.4 Å². The average molecular weight is 420 g/mol. The van der Waals surface area contributed by atoms with Gasteiger partial charge in [-0.1, -0.05) is 11.3 Å². The molecular formula is C19H25N5O4S. The lowest BCUT2D eigenvalue weighted by Gasteiger charge is -2.28. The molecule has 5 heterocycles. The van der Waals surface area contributed by atoms with Gasteiger partial charge in [0.25, 0.3) is 0 Å². The van der Waals surface area contributed by atoms with Gasteiger partial charge in [-0.25, -0.2) is 14.8 Å². The first-order valence-electron chi connectivity index (χ1n) is 9.97. The minimum atomic E-state index is -0.104. The van der Waals surface area contributed by atoms with Gasteiger partial charge in [-0.2, -0.15) is 0 Å². The number of ether oxygens (including phenoxy) is 3. The van der Waals surface area contributed by atoms with E-state index >= 15 is 0 Å². The van der Waals surface area contributed by atoms with Crippen molar-refractivity contribution in [2.45, 2.75) is 12.8 Å². The normalized spacial score (nSPS) is 24.6. The van der Waals surface area contributed by atoms with E-state index in [2.05, 4.69) is 20.2 Å². The van der Waals surface area contributed by atoms with E-state index in [1.165, 1.54) is 11.3 Å². The number of urea groups is 1. The molecule has 156 valence electrons. The number of pyridine rings is 1. The van der Waals surface area contributed by atoms with Crippen LogP contribution in [-0.2, 0) is 9.47 Å². The summed E-state index contributed by atoms with van der Waals surface area (Å²) in [5.41, 5.74) is 1.82. The number of rotatable bonds is 3. The number of carbonyl (C=O) groups excluding carboxylic acids is 1. The van der Waals surface area contributed by atoms with Crippen molar-refractivity contribution in [1.82, 2.24) is 14.9 Å². The Labute approximate surface area is 172 Å². The quantitative estimate of drug-likeness (QED) is 0.816. The Balaban J connectivity index is 1.38. The molecule has 3 saturated heterocycles. The van der Waals surface area contributed by atoms with Gasteiger partial charge in [0, 0.05) is 38.2 Å². The highest BCUT2D eigenvalue weighted by molar-refractivity contribution is 7.23. The van der Waals surface area contributed by atoms with E-state index in [9.17, 15) is 4.79 Å². The highest BCUT2D eigenvalue weighted by Gasteiger charge is 2.42. The number of thiazole rings is 1. The van der Waals surface area contributed by atoms with Crippen molar-refractivity contribution in [2.24, 2.45) is 5.41 Å². The van der Waals surface area contributed by atoms with Crippen LogP contribution in [0, 0.1) is 5.41 Å². The first kappa shape index (κ1) is 18.8. The molecule has 0 radical (unpaired) electrons. The second-order valence-corrected chi connectivity index (χ2v) is 8.85. The van der Waals surface area contributed by atoms with Crippen molar-refractivity contribution in [1.29, 1.82) is 0 Å². The van der Waals surface area contributed by atoms with Gasteiger partial charge in [0.1, 0.15) is 5.52 Å². The van der Waals surface area contributed by atoms with E-state index in [4.69, 9.17) is 14.2 Å². The Morgan fingerprint density at radius 2 is 2.10 bits per heavy atom. The molecule has 0 bridgehead atoms. The molecule has 1 spiro atoms. The summed E-state index contributed by atoms with van der Waals surface area (Å²) in [6, 6.07) is -0.104. The second-order valence-electron chi connectivity index (χ2n) is 7.85. The Morgan fingerprint density at radius 3 is 2.86 bits per heavy atom. The third-order valence-corrected chi connectivity index (χ3v) is 7.03. The summed E-state index contributed by atoms with van der Waals surface area (Å²) in [5, 5.41) is 3.55. The molecule has 0 saturated carbocycles. The van der Waals surface area contributed by atoms with E-state index in [0.29, 0.717) is 29.7 Å². The molecule has 0 unspecified atom stereocenters. The number of carbonyl (C=O) groups is 1. The summed E-state index contributed by atoms with van der Waals surface area (Å²) in [6.45, 7) is 6.04. The zero-order valence-electron chi connectivity index (χ0n) is 16.5. The van der Waals surface area contributed by atoms with Crippen molar-refractivity contribution in [3.05, 3.63) is 6.20 Å². The number of aromatic nitrogens is 2. The van der Waals surface area contributed by atoms with Crippen LogP contribution in [0.2, 0.25) is 0 Å². The molecule has 9 nitrogen and oxygen atoms in total. The van der Waals surface area contributed by atoms with Crippen LogP contribution in [0.3, 0.4) is 0 Å². The topological polar surface area (TPSA) is 89.1 Å². The standard InChI is InChI=1S/C19H25N5O4S/c1-26-16-14-15(13(10-20-16)23-5-8-27-9-6-23)29-17(21-14)22-18(25)24-4-2-19(11-24)3-7-28-12-19/h10H,2-9,11-12H2,1H3,(H,21,22,25)/t19-/m0/s1. The molecule has 10 heteroatoms. The lowest BCUT2D eigenvalue weighted by Crippen LogP contribution is -2.36. The van der Waals surface area contributed by atoms with Crippen LogP contribution in [0.1, 0.15) is 12.8 Å². The van der Waals surface area contributed by atoms with Crippen molar-refractivity contribution in [2.75, 3.05) is 69.9 Å². The molecule has 0 aliphatic carbocycles. The lowest BCUT2D eigenvalue weighted by atomic mass is 9.87. The number of hydrogen-bond acceptors (Lipinski definition) is 8. The Kier molecular flexibility index (Phi) is 4.92. The summed E-state index contributed by atoms with van der Waals surface area (Å²) in [7, 11) is 1.58. The molecule has 3 aliphatic heterocycles. The van der Waals surface area contributed by atoms with Crippen LogP contribution in [0.25, 0.3) is 10.2 Å². The Morgan fingerprint density at radius 1 is 1.24 bits per heavy atom. The molecular weight excluding hydrogens is 394 g/mol. The minimum Gasteiger partial charge on any atom is -0.479 e. The van der Waals surface area contributed by atoms with E-state index in [1.807, 2.05) is 11.1 Å². The van der Waals surface area contributed by atoms with Gasteiger partial charge >= 0.3 is 6.03 Å². The Hall–Kier alpha value is -2.17. The van der Waals surface area contributed by atoms with Gasteiger partial charge in [-0.15, -0.1) is 0 Å². The fourth-order valence-electron chi connectivity index (χ4n) is 4.36. The molecule has 3 fully saturated rings. The second kappa shape index (κ2) is 7.58. The smallest absolute Gasteiger partial charge is 0.323 e. The predicted octanol–water partition coefficient (Wildman–Crippen LogP) is 2.18. The number of hydrogen-bond donors (Lipinski definition) is 1. The van der Waals surface area contributed by atoms with Crippen molar-refractivity contribution in [3.63, 3.8) is 0 Å². The van der Waals surface area contributed by atoms with Gasteiger partial charge in [-0.3, -0.25) is 5.32 Å². The molecule has 1 N–H and O–H groups in total. The summed E-state index contributed by atoms with van der Waals surface area (Å²) < 4.78 is 17.4. The molecule has 3 aliphatic rings. The third kappa shape index (κ3) is 3.49. The van der Waals surface area contributed by atoms with Gasteiger partial charge in [0.2, 0.25) is 5.88 Å². The van der Waals surface area contributed by atoms with E-state index < -0.39 is 0 Å². The van der Waals surface area contributed by atoms with Gasteiger partial charge < -0.3 is 24.0 Å². The predicted molar refractivity (Wildman–Crippen MR) is 110 cm³/mol. The number of amides is 2. The highest BCUT2D eigenvalue weighted by Crippen LogP contribution is 2.40. The molecule has 29 heavy (non-hydrogen) atoms. The number of nitrogens with zero attached hydrogens (tertiary/aromatic N) is 4. The minimum absolute atomic E-state index is 0.104. The van der Waals surface area contributed by atoms with Crippen molar-refractivity contribution < 1.29 is 19.0 Å². The van der Waals surface area contributed by atoms with Crippen molar-refractivity contribution in [3.8, 4) is 5.88 Å². The third-order valence-electron chi connectivity index (χ3n) is 6.04. The van der Waals surface area contributed by atoms with E-state index in [1.54, 1.807) is 7.11 Å². The summed E-state index contributed by atoms with van der Waals surface area (Å²) in [4.78, 5) is 26.0. The molecule has 0 aromatic carbocycles. The van der Waals surface area contributed by atoms with Crippen LogP contribution >= 0.6 is 11.3 Å². The maximum Gasteiger partial charge on any atom is 0.323 e. The Bertz CT molecular complexity index is 907. The summed E-state index contributed by atoms with van der Waals surface area (Å²) >= 11 is 1.46. The van der Waals surface area contributed by atoms with Crippen molar-refractivity contribution >= 4 is 38.4 Å². The van der Waals surface area contributed by atoms with Crippen LogP contribution in [0.4, 0.5) is 15.6 Å².